The average molecular weight is 490 g/mol. The van der Waals surface area contributed by atoms with E-state index in [1.165, 1.54) is 0 Å². The highest BCUT2D eigenvalue weighted by atomic mass is 16.5. The van der Waals surface area contributed by atoms with E-state index < -0.39 is 5.92 Å². The molecule has 6 heteroatoms. The molecule has 2 aromatic rings. The minimum Gasteiger partial charge on any atom is -0.497 e. The quantitative estimate of drug-likeness (QED) is 0.473. The minimum atomic E-state index is -0.488. The summed E-state index contributed by atoms with van der Waals surface area (Å²) in [6.07, 6.45) is 1.57. The molecule has 2 aromatic carbocycles. The lowest BCUT2D eigenvalue weighted by Crippen LogP contribution is -2.36. The SMILES string of the molecule is CCOc1ccc(C2C(C(=O)OC(C)CC)=C(C)NC3=C2C(=O)CC(c2ccc(OC)cc2)C3)cc1. The molecular formula is C30H35NO5. The fourth-order valence-electron chi connectivity index (χ4n) is 5.01. The molecule has 1 N–H and O–H groups in total. The standard InChI is InChI=1S/C30H35NO5/c1-6-18(3)36-30(33)27-19(4)31-25-16-22(20-8-12-23(34-5)13-9-20)17-26(32)29(25)28(27)21-10-14-24(15-11-21)35-7-2/h8-15,18,22,28,31H,6-7,16-17H2,1-5H3. The number of esters is 1. The second-order valence-electron chi connectivity index (χ2n) is 9.42. The molecule has 2 aliphatic rings. The number of dihydropyridines is 1. The molecule has 0 amide bonds. The molecule has 190 valence electrons. The number of carbonyl (C=O) groups is 2. The van der Waals surface area contributed by atoms with Crippen molar-refractivity contribution in [3.05, 3.63) is 82.2 Å². The summed E-state index contributed by atoms with van der Waals surface area (Å²) in [4.78, 5) is 27.1. The molecule has 0 radical (unpaired) electrons. The molecule has 3 unspecified atom stereocenters. The third-order valence-corrected chi connectivity index (χ3v) is 7.04. The number of hydrogen-bond acceptors (Lipinski definition) is 6. The van der Waals surface area contributed by atoms with Crippen molar-refractivity contribution < 1.29 is 23.8 Å². The summed E-state index contributed by atoms with van der Waals surface area (Å²) >= 11 is 0. The zero-order valence-corrected chi connectivity index (χ0v) is 21.7. The zero-order chi connectivity index (χ0) is 25.8. The van der Waals surface area contributed by atoms with Gasteiger partial charge >= 0.3 is 5.97 Å². The van der Waals surface area contributed by atoms with Gasteiger partial charge in [-0.1, -0.05) is 31.2 Å². The molecule has 0 saturated heterocycles. The van der Waals surface area contributed by atoms with Crippen molar-refractivity contribution in [3.63, 3.8) is 0 Å². The first kappa shape index (κ1) is 25.5. The van der Waals surface area contributed by atoms with Gasteiger partial charge in [0.1, 0.15) is 11.5 Å². The molecule has 0 saturated carbocycles. The van der Waals surface area contributed by atoms with Gasteiger partial charge in [0.15, 0.2) is 5.78 Å². The number of ether oxygens (including phenoxy) is 3. The number of benzene rings is 2. The second kappa shape index (κ2) is 11.0. The van der Waals surface area contributed by atoms with Crippen LogP contribution in [0.15, 0.2) is 71.1 Å². The minimum absolute atomic E-state index is 0.0461. The van der Waals surface area contributed by atoms with E-state index in [-0.39, 0.29) is 23.8 Å². The van der Waals surface area contributed by atoms with Crippen LogP contribution in [0.2, 0.25) is 0 Å². The number of carbonyl (C=O) groups excluding carboxylic acids is 2. The molecule has 4 rings (SSSR count). The first-order valence-electron chi connectivity index (χ1n) is 12.7. The molecule has 1 aliphatic carbocycles. The monoisotopic (exact) mass is 489 g/mol. The van der Waals surface area contributed by atoms with Gasteiger partial charge < -0.3 is 19.5 Å². The largest absolute Gasteiger partial charge is 0.497 e. The van der Waals surface area contributed by atoms with Crippen LogP contribution in [0.4, 0.5) is 0 Å². The Balaban J connectivity index is 1.74. The van der Waals surface area contributed by atoms with Crippen LogP contribution in [-0.4, -0.2) is 31.6 Å². The third-order valence-electron chi connectivity index (χ3n) is 7.04. The Morgan fingerprint density at radius 1 is 1.00 bits per heavy atom. The Kier molecular flexibility index (Phi) is 7.82. The summed E-state index contributed by atoms with van der Waals surface area (Å²) < 4.78 is 16.6. The molecule has 1 aliphatic heterocycles. The molecule has 0 spiro atoms. The van der Waals surface area contributed by atoms with Crippen molar-refractivity contribution in [2.75, 3.05) is 13.7 Å². The number of methoxy groups -OCH3 is 1. The van der Waals surface area contributed by atoms with Crippen LogP contribution in [0.25, 0.3) is 0 Å². The number of ketones is 1. The topological polar surface area (TPSA) is 73.9 Å². The van der Waals surface area contributed by atoms with Crippen molar-refractivity contribution in [1.29, 1.82) is 0 Å². The van der Waals surface area contributed by atoms with Gasteiger partial charge in [-0.2, -0.15) is 0 Å². The predicted molar refractivity (Wildman–Crippen MR) is 139 cm³/mol. The molecule has 3 atom stereocenters. The van der Waals surface area contributed by atoms with E-state index in [2.05, 4.69) is 5.32 Å². The Bertz CT molecular complexity index is 1180. The third kappa shape index (κ3) is 5.18. The first-order valence-corrected chi connectivity index (χ1v) is 12.7. The Morgan fingerprint density at radius 3 is 2.25 bits per heavy atom. The van der Waals surface area contributed by atoms with E-state index in [0.29, 0.717) is 30.6 Å². The Morgan fingerprint density at radius 2 is 1.64 bits per heavy atom. The second-order valence-corrected chi connectivity index (χ2v) is 9.42. The lowest BCUT2D eigenvalue weighted by atomic mass is 9.71. The van der Waals surface area contributed by atoms with Crippen molar-refractivity contribution in [3.8, 4) is 11.5 Å². The van der Waals surface area contributed by atoms with Gasteiger partial charge in [-0.3, -0.25) is 4.79 Å². The summed E-state index contributed by atoms with van der Waals surface area (Å²) in [6.45, 7) is 8.25. The molecule has 1 heterocycles. The number of rotatable bonds is 8. The van der Waals surface area contributed by atoms with E-state index in [0.717, 1.165) is 40.4 Å². The van der Waals surface area contributed by atoms with Gasteiger partial charge in [-0.25, -0.2) is 4.79 Å². The number of nitrogens with one attached hydrogen (secondary N) is 1. The summed E-state index contributed by atoms with van der Waals surface area (Å²) in [5.74, 6) is 0.767. The maximum Gasteiger partial charge on any atom is 0.337 e. The molecule has 0 aromatic heterocycles. The average Bonchev–Trinajstić information content (AvgIpc) is 2.88. The molecular weight excluding hydrogens is 454 g/mol. The van der Waals surface area contributed by atoms with Gasteiger partial charge in [-0.05, 0) is 74.9 Å². The fraction of sp³-hybridized carbons (Fsp3) is 0.400. The highest BCUT2D eigenvalue weighted by Crippen LogP contribution is 2.46. The molecule has 36 heavy (non-hydrogen) atoms. The maximum absolute atomic E-state index is 13.7. The zero-order valence-electron chi connectivity index (χ0n) is 21.7. The van der Waals surface area contributed by atoms with Crippen LogP contribution in [0.1, 0.15) is 69.9 Å². The van der Waals surface area contributed by atoms with Crippen LogP contribution < -0.4 is 14.8 Å². The lowest BCUT2D eigenvalue weighted by molar-refractivity contribution is -0.144. The lowest BCUT2D eigenvalue weighted by Gasteiger charge is -2.37. The summed E-state index contributed by atoms with van der Waals surface area (Å²) in [7, 11) is 1.64. The Hall–Kier alpha value is -3.54. The normalized spacial score (nSPS) is 20.4. The molecule has 6 nitrogen and oxygen atoms in total. The predicted octanol–water partition coefficient (Wildman–Crippen LogP) is 5.80. The fourth-order valence-corrected chi connectivity index (χ4v) is 5.01. The van der Waals surface area contributed by atoms with E-state index in [1.54, 1.807) is 7.11 Å². The number of hydrogen-bond donors (Lipinski definition) is 1. The van der Waals surface area contributed by atoms with Gasteiger partial charge in [0.25, 0.3) is 0 Å². The number of Topliss-reactive ketones (excluding diaryl/α,β-unsaturated/α-hetero) is 1. The van der Waals surface area contributed by atoms with Crippen LogP contribution in [0, 0.1) is 0 Å². The van der Waals surface area contributed by atoms with E-state index in [9.17, 15) is 9.59 Å². The van der Waals surface area contributed by atoms with Gasteiger partial charge in [0.05, 0.1) is 25.4 Å². The molecule has 0 fully saturated rings. The highest BCUT2D eigenvalue weighted by Gasteiger charge is 2.41. The van der Waals surface area contributed by atoms with E-state index in [1.807, 2.05) is 76.2 Å². The van der Waals surface area contributed by atoms with Gasteiger partial charge in [-0.15, -0.1) is 0 Å². The van der Waals surface area contributed by atoms with E-state index >= 15 is 0 Å². The number of allylic oxidation sites excluding steroid dienone is 3. The first-order chi connectivity index (χ1) is 17.4. The Labute approximate surface area is 213 Å². The van der Waals surface area contributed by atoms with Crippen LogP contribution in [0.3, 0.4) is 0 Å². The highest BCUT2D eigenvalue weighted by molar-refractivity contribution is 6.04. The van der Waals surface area contributed by atoms with Crippen LogP contribution in [-0.2, 0) is 14.3 Å². The van der Waals surface area contributed by atoms with Crippen LogP contribution in [0.5, 0.6) is 11.5 Å². The molecule has 0 bridgehead atoms. The van der Waals surface area contributed by atoms with E-state index in [4.69, 9.17) is 14.2 Å². The van der Waals surface area contributed by atoms with Crippen molar-refractivity contribution in [2.45, 2.75) is 64.9 Å². The van der Waals surface area contributed by atoms with Crippen molar-refractivity contribution in [2.24, 2.45) is 0 Å². The van der Waals surface area contributed by atoms with Gasteiger partial charge in [0, 0.05) is 29.3 Å². The van der Waals surface area contributed by atoms with Crippen molar-refractivity contribution >= 4 is 11.8 Å². The van der Waals surface area contributed by atoms with Crippen molar-refractivity contribution in [1.82, 2.24) is 5.32 Å². The maximum atomic E-state index is 13.7. The smallest absolute Gasteiger partial charge is 0.337 e. The van der Waals surface area contributed by atoms with Crippen LogP contribution >= 0.6 is 0 Å². The summed E-state index contributed by atoms with van der Waals surface area (Å²) in [5.41, 5.74) is 4.73. The summed E-state index contributed by atoms with van der Waals surface area (Å²) in [6, 6.07) is 15.6. The summed E-state index contributed by atoms with van der Waals surface area (Å²) in [5, 5.41) is 3.41. The van der Waals surface area contributed by atoms with Gasteiger partial charge in [0.2, 0.25) is 0 Å².